The van der Waals surface area contributed by atoms with E-state index in [2.05, 4.69) is 9.97 Å². The summed E-state index contributed by atoms with van der Waals surface area (Å²) in [5, 5.41) is 0. The number of para-hydroxylation sites is 3. The molecule has 124 valence electrons. The Morgan fingerprint density at radius 1 is 0.654 bits per heavy atom. The molecule has 0 radical (unpaired) electrons. The van der Waals surface area contributed by atoms with Gasteiger partial charge in [0.1, 0.15) is 11.0 Å². The topological polar surface area (TPSA) is 52.1 Å². The van der Waals surface area contributed by atoms with E-state index in [0.29, 0.717) is 11.8 Å². The number of rotatable bonds is 3. The van der Waals surface area contributed by atoms with Crippen LogP contribution in [0.3, 0.4) is 0 Å². The van der Waals surface area contributed by atoms with Crippen molar-refractivity contribution in [1.29, 1.82) is 0 Å². The van der Waals surface area contributed by atoms with Crippen molar-refractivity contribution in [2.45, 2.75) is 0 Å². The minimum absolute atomic E-state index is 0.565. The number of hydrogen-bond donors (Lipinski definition) is 0. The van der Waals surface area contributed by atoms with Crippen molar-refractivity contribution in [1.82, 2.24) is 9.97 Å². The molecule has 2 heterocycles. The number of fused-ring (bicyclic) bond motifs is 2. The zero-order valence-electron chi connectivity index (χ0n) is 13.8. The van der Waals surface area contributed by atoms with Crippen LogP contribution in [0.1, 0.15) is 11.5 Å². The molecule has 0 unspecified atom stereocenters. The minimum atomic E-state index is 0.565. The second kappa shape index (κ2) is 6.01. The molecule has 2 aromatic heterocycles. The first-order valence-electron chi connectivity index (χ1n) is 8.35. The number of hydrogen-bond acceptors (Lipinski definition) is 4. The Morgan fingerprint density at radius 2 is 1.46 bits per heavy atom. The molecular formula is C22H14N2O2. The first-order chi connectivity index (χ1) is 12.9. The van der Waals surface area contributed by atoms with Gasteiger partial charge in [0.05, 0.1) is 0 Å². The van der Waals surface area contributed by atoms with Crippen LogP contribution in [0.15, 0.2) is 81.6 Å². The molecule has 0 aliphatic rings. The van der Waals surface area contributed by atoms with Crippen LogP contribution < -0.4 is 0 Å². The smallest absolute Gasteiger partial charge is 0.227 e. The Morgan fingerprint density at radius 3 is 2.35 bits per heavy atom. The molecule has 26 heavy (non-hydrogen) atoms. The summed E-state index contributed by atoms with van der Waals surface area (Å²) in [5.74, 6) is 1.18. The quantitative estimate of drug-likeness (QED) is 0.417. The van der Waals surface area contributed by atoms with Crippen LogP contribution in [0.2, 0.25) is 0 Å². The third kappa shape index (κ3) is 2.58. The zero-order chi connectivity index (χ0) is 17.3. The molecule has 4 heteroatoms. The van der Waals surface area contributed by atoms with Gasteiger partial charge in [0.15, 0.2) is 11.2 Å². The van der Waals surface area contributed by atoms with Gasteiger partial charge in [-0.05, 0) is 36.4 Å². The first-order valence-corrected chi connectivity index (χ1v) is 8.35. The van der Waals surface area contributed by atoms with Crippen LogP contribution in [0.5, 0.6) is 0 Å². The van der Waals surface area contributed by atoms with E-state index in [-0.39, 0.29) is 0 Å². The average Bonchev–Trinajstić information content (AvgIpc) is 3.31. The van der Waals surface area contributed by atoms with Gasteiger partial charge >= 0.3 is 0 Å². The van der Waals surface area contributed by atoms with Gasteiger partial charge in [-0.2, -0.15) is 0 Å². The molecule has 5 rings (SSSR count). The number of nitrogens with zero attached hydrogens (tertiary/aromatic N) is 2. The molecule has 5 aromatic rings. The van der Waals surface area contributed by atoms with E-state index in [1.165, 1.54) is 0 Å². The van der Waals surface area contributed by atoms with E-state index in [1.807, 2.05) is 84.9 Å². The summed E-state index contributed by atoms with van der Waals surface area (Å²) in [7, 11) is 0. The normalized spacial score (nSPS) is 11.7. The monoisotopic (exact) mass is 338 g/mol. The van der Waals surface area contributed by atoms with Gasteiger partial charge in [0, 0.05) is 17.2 Å². The van der Waals surface area contributed by atoms with E-state index in [1.54, 1.807) is 0 Å². The van der Waals surface area contributed by atoms with Gasteiger partial charge in [-0.1, -0.05) is 42.5 Å². The van der Waals surface area contributed by atoms with Gasteiger partial charge < -0.3 is 8.83 Å². The lowest BCUT2D eigenvalue weighted by molar-refractivity contribution is 0.589. The van der Waals surface area contributed by atoms with Crippen molar-refractivity contribution in [3.05, 3.63) is 84.3 Å². The highest BCUT2D eigenvalue weighted by Crippen LogP contribution is 2.27. The van der Waals surface area contributed by atoms with Crippen molar-refractivity contribution < 1.29 is 8.83 Å². The lowest BCUT2D eigenvalue weighted by atomic mass is 10.2. The van der Waals surface area contributed by atoms with Crippen LogP contribution in [0.4, 0.5) is 0 Å². The van der Waals surface area contributed by atoms with Crippen LogP contribution in [0.25, 0.3) is 45.8 Å². The lowest BCUT2D eigenvalue weighted by Gasteiger charge is -1.92. The van der Waals surface area contributed by atoms with Gasteiger partial charge in [0.2, 0.25) is 11.8 Å². The third-order valence-electron chi connectivity index (χ3n) is 4.19. The van der Waals surface area contributed by atoms with Crippen LogP contribution in [0, 0.1) is 0 Å². The summed E-state index contributed by atoms with van der Waals surface area (Å²) in [6.07, 6.45) is 3.80. The van der Waals surface area contributed by atoms with Crippen LogP contribution in [-0.2, 0) is 0 Å². The Hall–Kier alpha value is -3.66. The molecule has 0 N–H and O–H groups in total. The highest BCUT2D eigenvalue weighted by atomic mass is 16.4. The Labute approximate surface area is 149 Å². The predicted molar refractivity (Wildman–Crippen MR) is 102 cm³/mol. The van der Waals surface area contributed by atoms with E-state index in [0.717, 1.165) is 33.3 Å². The molecule has 0 atom stereocenters. The summed E-state index contributed by atoms with van der Waals surface area (Å²) in [4.78, 5) is 9.13. The van der Waals surface area contributed by atoms with E-state index < -0.39 is 0 Å². The molecule has 0 spiro atoms. The average molecular weight is 338 g/mol. The predicted octanol–water partition coefficient (Wildman–Crippen LogP) is 5.81. The highest BCUT2D eigenvalue weighted by molar-refractivity contribution is 5.88. The van der Waals surface area contributed by atoms with Crippen molar-refractivity contribution in [3.63, 3.8) is 0 Å². The van der Waals surface area contributed by atoms with Gasteiger partial charge in [-0.25, -0.2) is 9.97 Å². The van der Waals surface area contributed by atoms with E-state index in [9.17, 15) is 0 Å². The molecule has 0 aliphatic carbocycles. The van der Waals surface area contributed by atoms with Crippen LogP contribution >= 0.6 is 0 Å². The highest BCUT2D eigenvalue weighted by Gasteiger charge is 2.10. The van der Waals surface area contributed by atoms with Gasteiger partial charge in [0.25, 0.3) is 0 Å². The molecule has 3 aromatic carbocycles. The van der Waals surface area contributed by atoms with Crippen molar-refractivity contribution in [2.75, 3.05) is 0 Å². The Bertz CT molecular complexity index is 1200. The molecular weight excluding hydrogens is 324 g/mol. The fourth-order valence-electron chi connectivity index (χ4n) is 2.93. The maximum Gasteiger partial charge on any atom is 0.227 e. The maximum atomic E-state index is 5.91. The second-order valence-electron chi connectivity index (χ2n) is 5.93. The molecule has 0 aliphatic heterocycles. The molecule has 0 saturated heterocycles. The van der Waals surface area contributed by atoms with Crippen molar-refractivity contribution >= 4 is 34.4 Å². The number of benzene rings is 3. The number of oxazole rings is 2. The fraction of sp³-hybridized carbons (Fsp3) is 0. The third-order valence-corrected chi connectivity index (χ3v) is 4.19. The lowest BCUT2D eigenvalue weighted by Crippen LogP contribution is -1.78. The number of aromatic nitrogens is 2. The molecule has 4 nitrogen and oxygen atoms in total. The summed E-state index contributed by atoms with van der Waals surface area (Å²) >= 11 is 0. The summed E-state index contributed by atoms with van der Waals surface area (Å²) in [5.41, 5.74) is 5.10. The second-order valence-corrected chi connectivity index (χ2v) is 5.93. The van der Waals surface area contributed by atoms with Crippen LogP contribution in [-0.4, -0.2) is 9.97 Å². The van der Waals surface area contributed by atoms with E-state index >= 15 is 0 Å². The molecule has 0 amide bonds. The molecule has 0 saturated carbocycles. The van der Waals surface area contributed by atoms with Crippen molar-refractivity contribution in [3.8, 4) is 11.5 Å². The Kier molecular flexibility index (Phi) is 3.39. The zero-order valence-corrected chi connectivity index (χ0v) is 13.8. The fourth-order valence-corrected chi connectivity index (χ4v) is 2.93. The van der Waals surface area contributed by atoms with E-state index in [4.69, 9.17) is 8.83 Å². The van der Waals surface area contributed by atoms with Crippen molar-refractivity contribution in [2.24, 2.45) is 0 Å². The summed E-state index contributed by atoms with van der Waals surface area (Å²) < 4.78 is 11.6. The largest absolute Gasteiger partial charge is 0.437 e. The standard InChI is InChI=1S/C22H14N2O2/c1-2-7-16(8-3-1)22-24-21-15(9-6-12-19(21)26-22)13-14-20-23-17-10-4-5-11-18(17)25-20/h1-14H. The maximum absolute atomic E-state index is 5.91. The molecule has 0 fully saturated rings. The van der Waals surface area contributed by atoms with Gasteiger partial charge in [-0.15, -0.1) is 0 Å². The first kappa shape index (κ1) is 14.7. The Balaban J connectivity index is 1.55. The molecule has 0 bridgehead atoms. The summed E-state index contributed by atoms with van der Waals surface area (Å²) in [6.45, 7) is 0. The summed E-state index contributed by atoms with van der Waals surface area (Å²) in [6, 6.07) is 23.5. The minimum Gasteiger partial charge on any atom is -0.437 e. The SMILES string of the molecule is C(=Cc1cccc2oc(-c3ccccc3)nc12)c1nc2ccccc2o1. The van der Waals surface area contributed by atoms with Gasteiger partial charge in [-0.3, -0.25) is 0 Å².